The summed E-state index contributed by atoms with van der Waals surface area (Å²) < 4.78 is 0.833. The molecule has 0 N–H and O–H groups in total. The van der Waals surface area contributed by atoms with E-state index >= 15 is 0 Å². The minimum Gasteiger partial charge on any atom is -0.295 e. The van der Waals surface area contributed by atoms with Crippen LogP contribution in [-0.4, -0.2) is 5.78 Å². The Morgan fingerprint density at radius 1 is 1.54 bits per heavy atom. The zero-order valence-electron chi connectivity index (χ0n) is 7.05. The maximum atomic E-state index is 10.7. The standard InChI is InChI=1S/C10H8BrClO/c1-7(13)5-6-8-3-2-4-9(11)10(8)12/h2-6H,1H3/b6-5+. The van der Waals surface area contributed by atoms with Crippen LogP contribution in [0.4, 0.5) is 0 Å². The molecule has 13 heavy (non-hydrogen) atoms. The molecule has 3 heteroatoms. The van der Waals surface area contributed by atoms with E-state index in [-0.39, 0.29) is 5.78 Å². The summed E-state index contributed by atoms with van der Waals surface area (Å²) in [4.78, 5) is 10.7. The van der Waals surface area contributed by atoms with Gasteiger partial charge in [0.25, 0.3) is 0 Å². The van der Waals surface area contributed by atoms with Crippen LogP contribution in [0.15, 0.2) is 28.7 Å². The molecule has 0 saturated heterocycles. The molecule has 0 aliphatic heterocycles. The van der Waals surface area contributed by atoms with Gasteiger partial charge in [0.05, 0.1) is 5.02 Å². The Kier molecular flexibility index (Phi) is 3.70. The largest absolute Gasteiger partial charge is 0.295 e. The number of rotatable bonds is 2. The number of carbonyl (C=O) groups is 1. The average Bonchev–Trinajstić information content (AvgIpc) is 2.07. The van der Waals surface area contributed by atoms with Crippen LogP contribution in [0, 0.1) is 0 Å². The first-order valence-corrected chi connectivity index (χ1v) is 4.91. The van der Waals surface area contributed by atoms with Gasteiger partial charge in [-0.2, -0.15) is 0 Å². The molecule has 0 unspecified atom stereocenters. The van der Waals surface area contributed by atoms with Crippen molar-refractivity contribution in [1.82, 2.24) is 0 Å². The van der Waals surface area contributed by atoms with Crippen LogP contribution in [-0.2, 0) is 4.79 Å². The monoisotopic (exact) mass is 258 g/mol. The predicted molar refractivity (Wildman–Crippen MR) is 58.9 cm³/mol. The summed E-state index contributed by atoms with van der Waals surface area (Å²) in [6, 6.07) is 5.58. The molecule has 1 aromatic rings. The third kappa shape index (κ3) is 2.98. The van der Waals surface area contributed by atoms with E-state index in [1.165, 1.54) is 13.0 Å². The van der Waals surface area contributed by atoms with Gasteiger partial charge in [-0.1, -0.05) is 23.7 Å². The molecule has 1 aromatic carbocycles. The van der Waals surface area contributed by atoms with E-state index in [2.05, 4.69) is 15.9 Å². The first-order chi connectivity index (χ1) is 6.11. The van der Waals surface area contributed by atoms with Crippen molar-refractivity contribution in [3.05, 3.63) is 39.3 Å². The second-order valence-electron chi connectivity index (χ2n) is 2.59. The lowest BCUT2D eigenvalue weighted by atomic mass is 10.2. The van der Waals surface area contributed by atoms with Gasteiger partial charge in [-0.05, 0) is 46.6 Å². The highest BCUT2D eigenvalue weighted by Crippen LogP contribution is 2.26. The van der Waals surface area contributed by atoms with Gasteiger partial charge in [0.15, 0.2) is 5.78 Å². The maximum absolute atomic E-state index is 10.7. The van der Waals surface area contributed by atoms with Gasteiger partial charge in [0.1, 0.15) is 0 Å². The minimum absolute atomic E-state index is 0.0102. The maximum Gasteiger partial charge on any atom is 0.152 e. The molecule has 0 aromatic heterocycles. The van der Waals surface area contributed by atoms with Crippen LogP contribution in [0.25, 0.3) is 6.08 Å². The molecule has 1 nitrogen and oxygen atoms in total. The molecule has 1 rings (SSSR count). The Labute approximate surface area is 90.5 Å². The van der Waals surface area contributed by atoms with Crippen molar-refractivity contribution < 1.29 is 4.79 Å². The van der Waals surface area contributed by atoms with E-state index in [1.807, 2.05) is 18.2 Å². The van der Waals surface area contributed by atoms with E-state index in [0.717, 1.165) is 10.0 Å². The molecule has 68 valence electrons. The van der Waals surface area contributed by atoms with Crippen LogP contribution in [0.1, 0.15) is 12.5 Å². The Morgan fingerprint density at radius 2 is 2.23 bits per heavy atom. The van der Waals surface area contributed by atoms with Crippen LogP contribution >= 0.6 is 27.5 Å². The number of halogens is 2. The Bertz CT molecular complexity index is 358. The van der Waals surface area contributed by atoms with Crippen molar-refractivity contribution in [3.8, 4) is 0 Å². The van der Waals surface area contributed by atoms with Crippen molar-refractivity contribution in [3.63, 3.8) is 0 Å². The average molecular weight is 260 g/mol. The third-order valence-electron chi connectivity index (χ3n) is 1.48. The fourth-order valence-corrected chi connectivity index (χ4v) is 1.43. The minimum atomic E-state index is 0.0102. The Hall–Kier alpha value is -0.600. The number of ketones is 1. The number of allylic oxidation sites excluding steroid dienone is 1. The molecule has 0 atom stereocenters. The normalized spacial score (nSPS) is 10.7. The number of hydrogen-bond acceptors (Lipinski definition) is 1. The molecule has 0 heterocycles. The summed E-state index contributed by atoms with van der Waals surface area (Å²) in [5, 5.41) is 0.625. The molecule has 0 bridgehead atoms. The van der Waals surface area contributed by atoms with Crippen molar-refractivity contribution >= 4 is 39.4 Å². The SMILES string of the molecule is CC(=O)/C=C/c1cccc(Br)c1Cl. The lowest BCUT2D eigenvalue weighted by molar-refractivity contribution is -0.112. The van der Waals surface area contributed by atoms with Crippen LogP contribution < -0.4 is 0 Å². The first-order valence-electron chi connectivity index (χ1n) is 3.74. The molecule has 0 saturated carbocycles. The van der Waals surface area contributed by atoms with Crippen molar-refractivity contribution in [2.45, 2.75) is 6.92 Å². The zero-order valence-corrected chi connectivity index (χ0v) is 9.39. The molecule has 0 aliphatic carbocycles. The highest BCUT2D eigenvalue weighted by Gasteiger charge is 1.99. The van der Waals surface area contributed by atoms with Gasteiger partial charge >= 0.3 is 0 Å². The lowest BCUT2D eigenvalue weighted by Gasteiger charge is -1.99. The van der Waals surface area contributed by atoms with Gasteiger partial charge in [-0.25, -0.2) is 0 Å². The number of benzene rings is 1. The third-order valence-corrected chi connectivity index (χ3v) is 2.79. The Morgan fingerprint density at radius 3 is 2.85 bits per heavy atom. The molecule has 0 amide bonds. The molecule has 0 fully saturated rings. The van der Waals surface area contributed by atoms with Gasteiger partial charge in [-0.3, -0.25) is 4.79 Å². The van der Waals surface area contributed by atoms with Crippen LogP contribution in [0.2, 0.25) is 5.02 Å². The molecular weight excluding hydrogens is 251 g/mol. The van der Waals surface area contributed by atoms with Gasteiger partial charge in [0.2, 0.25) is 0 Å². The van der Waals surface area contributed by atoms with Crippen LogP contribution in [0.3, 0.4) is 0 Å². The second kappa shape index (κ2) is 4.58. The topological polar surface area (TPSA) is 17.1 Å². The highest BCUT2D eigenvalue weighted by atomic mass is 79.9. The number of hydrogen-bond donors (Lipinski definition) is 0. The van der Waals surface area contributed by atoms with Crippen molar-refractivity contribution in [2.75, 3.05) is 0 Å². The summed E-state index contributed by atoms with van der Waals surface area (Å²) in [5.74, 6) is 0.0102. The van der Waals surface area contributed by atoms with Crippen molar-refractivity contribution in [2.24, 2.45) is 0 Å². The number of carbonyl (C=O) groups excluding carboxylic acids is 1. The fraction of sp³-hybridized carbons (Fsp3) is 0.100. The van der Waals surface area contributed by atoms with E-state index in [9.17, 15) is 4.79 Å². The van der Waals surface area contributed by atoms with Crippen molar-refractivity contribution in [1.29, 1.82) is 0 Å². The Balaban J connectivity index is 3.02. The second-order valence-corrected chi connectivity index (χ2v) is 3.82. The predicted octanol–water partition coefficient (Wildman–Crippen LogP) is 3.70. The molecule has 0 radical (unpaired) electrons. The first kappa shape index (κ1) is 10.5. The van der Waals surface area contributed by atoms with Gasteiger partial charge in [0, 0.05) is 4.47 Å². The summed E-state index contributed by atoms with van der Waals surface area (Å²) >= 11 is 9.27. The van der Waals surface area contributed by atoms with E-state index in [4.69, 9.17) is 11.6 Å². The fourth-order valence-electron chi connectivity index (χ4n) is 0.856. The quantitative estimate of drug-likeness (QED) is 0.740. The summed E-state index contributed by atoms with van der Waals surface area (Å²) in [7, 11) is 0. The van der Waals surface area contributed by atoms with Gasteiger partial charge in [-0.15, -0.1) is 0 Å². The summed E-state index contributed by atoms with van der Waals surface area (Å²) in [6.07, 6.45) is 3.20. The van der Waals surface area contributed by atoms with Crippen LogP contribution in [0.5, 0.6) is 0 Å². The smallest absolute Gasteiger partial charge is 0.152 e. The van der Waals surface area contributed by atoms with Gasteiger partial charge < -0.3 is 0 Å². The molecule has 0 spiro atoms. The molecular formula is C10H8BrClO. The lowest BCUT2D eigenvalue weighted by Crippen LogP contribution is -1.81. The van der Waals surface area contributed by atoms with E-state index in [0.29, 0.717) is 5.02 Å². The van der Waals surface area contributed by atoms with E-state index < -0.39 is 0 Å². The zero-order chi connectivity index (χ0) is 9.84. The summed E-state index contributed by atoms with van der Waals surface area (Å²) in [5.41, 5.74) is 0.839. The summed E-state index contributed by atoms with van der Waals surface area (Å²) in [6.45, 7) is 1.50. The van der Waals surface area contributed by atoms with E-state index in [1.54, 1.807) is 6.08 Å². The molecule has 0 aliphatic rings. The highest BCUT2D eigenvalue weighted by molar-refractivity contribution is 9.10.